The summed E-state index contributed by atoms with van der Waals surface area (Å²) in [5.41, 5.74) is 0. The minimum atomic E-state index is 0.255. The molecule has 1 amide bonds. The van der Waals surface area contributed by atoms with Crippen LogP contribution in [0.25, 0.3) is 0 Å². The Bertz CT molecular complexity index is 201. The van der Waals surface area contributed by atoms with Gasteiger partial charge in [0.25, 0.3) is 0 Å². The quantitative estimate of drug-likeness (QED) is 0.612. The summed E-state index contributed by atoms with van der Waals surface area (Å²) in [6, 6.07) is 0.533. The predicted molar refractivity (Wildman–Crippen MR) is 50.0 cm³/mol. The van der Waals surface area contributed by atoms with E-state index in [0.717, 1.165) is 19.6 Å². The van der Waals surface area contributed by atoms with Crippen molar-refractivity contribution in [1.82, 2.24) is 15.3 Å². The van der Waals surface area contributed by atoms with Crippen LogP contribution in [0, 0.1) is 0 Å². The van der Waals surface area contributed by atoms with E-state index in [1.165, 1.54) is 12.8 Å². The van der Waals surface area contributed by atoms with Gasteiger partial charge in [-0.2, -0.15) is 0 Å². The minimum absolute atomic E-state index is 0.255. The second-order valence-electron chi connectivity index (χ2n) is 3.83. The van der Waals surface area contributed by atoms with Crippen LogP contribution in [-0.4, -0.2) is 48.6 Å². The van der Waals surface area contributed by atoms with Gasteiger partial charge < -0.3 is 5.32 Å². The van der Waals surface area contributed by atoms with E-state index < -0.39 is 0 Å². The van der Waals surface area contributed by atoms with Crippen molar-refractivity contribution in [2.45, 2.75) is 25.3 Å². The number of nitrogens with zero attached hydrogens (tertiary/aromatic N) is 2. The highest BCUT2D eigenvalue weighted by Crippen LogP contribution is 2.17. The fourth-order valence-corrected chi connectivity index (χ4v) is 2.18. The van der Waals surface area contributed by atoms with E-state index in [4.69, 9.17) is 0 Å². The molecule has 2 rings (SSSR count). The Labute approximate surface area is 78.8 Å². The van der Waals surface area contributed by atoms with Gasteiger partial charge in [0.05, 0.1) is 0 Å². The fraction of sp³-hybridized carbons (Fsp3) is 0.889. The lowest BCUT2D eigenvalue weighted by Gasteiger charge is -2.35. The molecule has 1 unspecified atom stereocenters. The predicted octanol–water partition coefficient (Wildman–Crippen LogP) is -0.182. The number of carbonyl (C=O) groups excluding carboxylic acids is 1. The standard InChI is InChI=1S/C9H17N3O/c1-11-9(13)4-6-12(11)8-3-2-5-10-7-8/h8,10H,2-7H2,1H3. The van der Waals surface area contributed by atoms with Gasteiger partial charge in [0.1, 0.15) is 0 Å². The first-order valence-corrected chi connectivity index (χ1v) is 5.03. The molecular formula is C9H17N3O. The largest absolute Gasteiger partial charge is 0.315 e. The Balaban J connectivity index is 1.95. The van der Waals surface area contributed by atoms with Crippen molar-refractivity contribution < 1.29 is 4.79 Å². The first kappa shape index (κ1) is 8.97. The summed E-state index contributed by atoms with van der Waals surface area (Å²) in [4.78, 5) is 11.3. The molecule has 0 aromatic rings. The Morgan fingerprint density at radius 1 is 1.54 bits per heavy atom. The normalized spacial score (nSPS) is 31.3. The van der Waals surface area contributed by atoms with Gasteiger partial charge in [-0.1, -0.05) is 0 Å². The molecule has 0 aliphatic carbocycles. The second kappa shape index (κ2) is 3.64. The SMILES string of the molecule is CN1C(=O)CCN1C1CCCNC1. The maximum Gasteiger partial charge on any atom is 0.237 e. The van der Waals surface area contributed by atoms with Crippen molar-refractivity contribution in [3.05, 3.63) is 0 Å². The van der Waals surface area contributed by atoms with Crippen molar-refractivity contribution in [1.29, 1.82) is 0 Å². The number of hydrazine groups is 1. The van der Waals surface area contributed by atoms with Gasteiger partial charge in [-0.3, -0.25) is 9.80 Å². The highest BCUT2D eigenvalue weighted by Gasteiger charge is 2.31. The Morgan fingerprint density at radius 2 is 2.38 bits per heavy atom. The zero-order valence-electron chi connectivity index (χ0n) is 8.12. The Kier molecular flexibility index (Phi) is 2.51. The average Bonchev–Trinajstić information content (AvgIpc) is 2.49. The molecule has 0 bridgehead atoms. The molecule has 0 aromatic heterocycles. The first-order chi connectivity index (χ1) is 6.29. The van der Waals surface area contributed by atoms with Crippen LogP contribution in [0.15, 0.2) is 0 Å². The molecule has 2 aliphatic rings. The highest BCUT2D eigenvalue weighted by atomic mass is 16.2. The number of rotatable bonds is 1. The third kappa shape index (κ3) is 1.69. The van der Waals surface area contributed by atoms with Gasteiger partial charge in [0.15, 0.2) is 0 Å². The number of amides is 1. The van der Waals surface area contributed by atoms with Gasteiger partial charge in [-0.05, 0) is 19.4 Å². The number of hydrogen-bond donors (Lipinski definition) is 1. The number of nitrogens with one attached hydrogen (secondary N) is 1. The first-order valence-electron chi connectivity index (χ1n) is 5.03. The van der Waals surface area contributed by atoms with Crippen molar-refractivity contribution in [2.75, 3.05) is 26.7 Å². The van der Waals surface area contributed by atoms with E-state index in [1.807, 2.05) is 7.05 Å². The van der Waals surface area contributed by atoms with Crippen LogP contribution in [0.1, 0.15) is 19.3 Å². The van der Waals surface area contributed by atoms with E-state index in [1.54, 1.807) is 5.01 Å². The van der Waals surface area contributed by atoms with E-state index in [2.05, 4.69) is 10.3 Å². The zero-order chi connectivity index (χ0) is 9.26. The summed E-state index contributed by atoms with van der Waals surface area (Å²) < 4.78 is 0. The second-order valence-corrected chi connectivity index (χ2v) is 3.83. The van der Waals surface area contributed by atoms with Crippen molar-refractivity contribution in [3.63, 3.8) is 0 Å². The lowest BCUT2D eigenvalue weighted by molar-refractivity contribution is -0.138. The van der Waals surface area contributed by atoms with Crippen LogP contribution < -0.4 is 5.32 Å². The van der Waals surface area contributed by atoms with Gasteiger partial charge in [-0.25, -0.2) is 5.01 Å². The number of carbonyl (C=O) groups is 1. The van der Waals surface area contributed by atoms with E-state index in [-0.39, 0.29) is 5.91 Å². The molecule has 1 N–H and O–H groups in total. The average molecular weight is 183 g/mol. The molecule has 0 saturated carbocycles. The van der Waals surface area contributed by atoms with E-state index in [0.29, 0.717) is 12.5 Å². The van der Waals surface area contributed by atoms with Gasteiger partial charge in [-0.15, -0.1) is 0 Å². The molecule has 2 saturated heterocycles. The minimum Gasteiger partial charge on any atom is -0.315 e. The van der Waals surface area contributed by atoms with Crippen molar-refractivity contribution in [2.24, 2.45) is 0 Å². The molecule has 0 radical (unpaired) electrons. The van der Waals surface area contributed by atoms with E-state index in [9.17, 15) is 4.79 Å². The number of piperidine rings is 1. The Hall–Kier alpha value is -0.610. The fourth-order valence-electron chi connectivity index (χ4n) is 2.18. The lowest BCUT2D eigenvalue weighted by Crippen LogP contribution is -2.50. The summed E-state index contributed by atoms with van der Waals surface area (Å²) in [7, 11) is 1.88. The topological polar surface area (TPSA) is 35.6 Å². The molecule has 2 heterocycles. The van der Waals surface area contributed by atoms with Gasteiger partial charge >= 0.3 is 0 Å². The summed E-state index contributed by atoms with van der Waals surface area (Å²) in [6.45, 7) is 3.06. The molecular weight excluding hydrogens is 166 g/mol. The summed E-state index contributed by atoms with van der Waals surface area (Å²) in [6.07, 6.45) is 3.13. The highest BCUT2D eigenvalue weighted by molar-refractivity contribution is 5.77. The maximum atomic E-state index is 11.3. The van der Waals surface area contributed by atoms with Crippen LogP contribution in [0.5, 0.6) is 0 Å². The van der Waals surface area contributed by atoms with Gasteiger partial charge in [0.2, 0.25) is 5.91 Å². The molecule has 13 heavy (non-hydrogen) atoms. The Morgan fingerprint density at radius 3 is 2.92 bits per heavy atom. The molecule has 4 nitrogen and oxygen atoms in total. The smallest absolute Gasteiger partial charge is 0.237 e. The monoisotopic (exact) mass is 183 g/mol. The summed E-state index contributed by atoms with van der Waals surface area (Å²) in [5.74, 6) is 0.255. The van der Waals surface area contributed by atoms with Crippen LogP contribution in [0.2, 0.25) is 0 Å². The van der Waals surface area contributed by atoms with Crippen LogP contribution in [0.4, 0.5) is 0 Å². The van der Waals surface area contributed by atoms with Crippen LogP contribution >= 0.6 is 0 Å². The molecule has 1 atom stereocenters. The molecule has 0 aromatic carbocycles. The van der Waals surface area contributed by atoms with Gasteiger partial charge in [0, 0.05) is 32.6 Å². The molecule has 2 fully saturated rings. The lowest BCUT2D eigenvalue weighted by atomic mass is 10.1. The third-order valence-electron chi connectivity index (χ3n) is 2.99. The molecule has 0 spiro atoms. The molecule has 4 heteroatoms. The summed E-state index contributed by atoms with van der Waals surface area (Å²) >= 11 is 0. The zero-order valence-corrected chi connectivity index (χ0v) is 8.12. The van der Waals surface area contributed by atoms with Crippen molar-refractivity contribution >= 4 is 5.91 Å². The molecule has 74 valence electrons. The van der Waals surface area contributed by atoms with E-state index >= 15 is 0 Å². The summed E-state index contributed by atoms with van der Waals surface area (Å²) in [5, 5.41) is 7.36. The maximum absolute atomic E-state index is 11.3. The molecule has 2 aliphatic heterocycles. The number of hydrogen-bond acceptors (Lipinski definition) is 3. The third-order valence-corrected chi connectivity index (χ3v) is 2.99. The van der Waals surface area contributed by atoms with Crippen LogP contribution in [0.3, 0.4) is 0 Å². The van der Waals surface area contributed by atoms with Crippen LogP contribution in [-0.2, 0) is 4.79 Å². The van der Waals surface area contributed by atoms with Crippen molar-refractivity contribution in [3.8, 4) is 0 Å².